The summed E-state index contributed by atoms with van der Waals surface area (Å²) in [6.07, 6.45) is 1.42. The van der Waals surface area contributed by atoms with Crippen LogP contribution in [-0.4, -0.2) is 22.3 Å². The number of benzene rings is 1. The first-order valence-electron chi connectivity index (χ1n) is 5.44. The molecule has 1 fully saturated rings. The predicted octanol–water partition coefficient (Wildman–Crippen LogP) is 1.58. The van der Waals surface area contributed by atoms with Gasteiger partial charge in [-0.05, 0) is 30.2 Å². The van der Waals surface area contributed by atoms with Gasteiger partial charge in [-0.2, -0.15) is 0 Å². The number of rotatable bonds is 3. The smallest absolute Gasteiger partial charge is 0.222 e. The van der Waals surface area contributed by atoms with Crippen LogP contribution >= 0.6 is 12.2 Å². The Bertz CT molecular complexity index is 476. The Morgan fingerprint density at radius 2 is 2.29 bits per heavy atom. The van der Waals surface area contributed by atoms with Gasteiger partial charge in [0.15, 0.2) is 0 Å². The lowest BCUT2D eigenvalue weighted by Gasteiger charge is -2.17. The Hall–Kier alpha value is -1.49. The van der Waals surface area contributed by atoms with Crippen molar-refractivity contribution in [2.75, 3.05) is 6.54 Å². The summed E-state index contributed by atoms with van der Waals surface area (Å²) in [6, 6.07) is 4.28. The average Bonchev–Trinajstić information content (AvgIpc) is 2.64. The average molecular weight is 252 g/mol. The van der Waals surface area contributed by atoms with Crippen LogP contribution in [0.5, 0.6) is 0 Å². The van der Waals surface area contributed by atoms with Crippen LogP contribution in [0.1, 0.15) is 24.0 Å². The van der Waals surface area contributed by atoms with Crippen LogP contribution in [0.4, 0.5) is 4.39 Å². The van der Waals surface area contributed by atoms with Crippen molar-refractivity contribution in [1.29, 1.82) is 0 Å². The maximum Gasteiger partial charge on any atom is 0.222 e. The number of nitrogens with two attached hydrogens (primary N) is 1. The third-order valence-corrected chi connectivity index (χ3v) is 3.09. The lowest BCUT2D eigenvalue weighted by molar-refractivity contribution is -0.128. The Balaban J connectivity index is 2.27. The Morgan fingerprint density at radius 3 is 2.88 bits per heavy atom. The van der Waals surface area contributed by atoms with Gasteiger partial charge in [-0.15, -0.1) is 0 Å². The molecule has 0 bridgehead atoms. The van der Waals surface area contributed by atoms with Crippen LogP contribution in [0, 0.1) is 5.82 Å². The van der Waals surface area contributed by atoms with E-state index in [0.717, 1.165) is 6.42 Å². The van der Waals surface area contributed by atoms with Gasteiger partial charge in [0.25, 0.3) is 0 Å². The second-order valence-electron chi connectivity index (χ2n) is 4.08. The van der Waals surface area contributed by atoms with Crippen molar-refractivity contribution in [3.8, 4) is 0 Å². The van der Waals surface area contributed by atoms with Crippen molar-refractivity contribution in [2.24, 2.45) is 5.73 Å². The molecule has 17 heavy (non-hydrogen) atoms. The first kappa shape index (κ1) is 12.0. The van der Waals surface area contributed by atoms with Gasteiger partial charge in [-0.25, -0.2) is 4.39 Å². The molecule has 0 aliphatic carbocycles. The van der Waals surface area contributed by atoms with Crippen LogP contribution in [-0.2, 0) is 11.3 Å². The van der Waals surface area contributed by atoms with Crippen molar-refractivity contribution >= 4 is 23.1 Å². The van der Waals surface area contributed by atoms with E-state index >= 15 is 0 Å². The molecule has 0 spiro atoms. The molecule has 90 valence electrons. The summed E-state index contributed by atoms with van der Waals surface area (Å²) in [5.74, 6) is -0.241. The molecule has 1 amide bonds. The molecule has 5 heteroatoms. The topological polar surface area (TPSA) is 46.3 Å². The van der Waals surface area contributed by atoms with E-state index < -0.39 is 0 Å². The summed E-state index contributed by atoms with van der Waals surface area (Å²) < 4.78 is 13.2. The van der Waals surface area contributed by atoms with Crippen molar-refractivity contribution < 1.29 is 9.18 Å². The van der Waals surface area contributed by atoms with E-state index in [1.165, 1.54) is 12.1 Å². The van der Waals surface area contributed by atoms with E-state index in [1.54, 1.807) is 11.0 Å². The van der Waals surface area contributed by atoms with Crippen molar-refractivity contribution in [2.45, 2.75) is 19.4 Å². The highest BCUT2D eigenvalue weighted by atomic mass is 32.1. The Labute approximate surface area is 104 Å². The molecule has 1 saturated heterocycles. The number of thiocarbonyl (C=S) groups is 1. The lowest BCUT2D eigenvalue weighted by Crippen LogP contribution is -2.25. The van der Waals surface area contributed by atoms with Gasteiger partial charge in [0, 0.05) is 25.1 Å². The quantitative estimate of drug-likeness (QED) is 0.831. The van der Waals surface area contributed by atoms with Crippen molar-refractivity contribution in [1.82, 2.24) is 4.90 Å². The first-order chi connectivity index (χ1) is 8.08. The fraction of sp³-hybridized carbons (Fsp3) is 0.333. The molecule has 2 rings (SSSR count). The number of carbonyl (C=O) groups is 1. The summed E-state index contributed by atoms with van der Waals surface area (Å²) in [7, 11) is 0. The second-order valence-corrected chi connectivity index (χ2v) is 4.52. The molecule has 2 N–H and O–H groups in total. The number of likely N-dealkylation sites (tertiary alicyclic amines) is 1. The monoisotopic (exact) mass is 252 g/mol. The van der Waals surface area contributed by atoms with Crippen LogP contribution in [0.2, 0.25) is 0 Å². The zero-order valence-corrected chi connectivity index (χ0v) is 10.1. The fourth-order valence-electron chi connectivity index (χ4n) is 2.01. The molecular formula is C12H13FN2OS. The van der Waals surface area contributed by atoms with Crippen LogP contribution in [0.25, 0.3) is 0 Å². The number of nitrogens with zero attached hydrogens (tertiary/aromatic N) is 1. The zero-order chi connectivity index (χ0) is 12.4. The number of carbonyl (C=O) groups excluding carboxylic acids is 1. The third kappa shape index (κ3) is 2.61. The number of amides is 1. The molecule has 1 aromatic rings. The summed E-state index contributed by atoms with van der Waals surface area (Å²) in [5, 5.41) is 0. The SMILES string of the molecule is NC(=S)c1ccc(F)cc1CN1CCCC1=O. The molecule has 3 nitrogen and oxygen atoms in total. The van der Waals surface area contributed by atoms with E-state index in [9.17, 15) is 9.18 Å². The molecule has 1 aliphatic rings. The van der Waals surface area contributed by atoms with E-state index in [1.807, 2.05) is 0 Å². The highest BCUT2D eigenvalue weighted by Crippen LogP contribution is 2.18. The highest BCUT2D eigenvalue weighted by Gasteiger charge is 2.21. The summed E-state index contributed by atoms with van der Waals surface area (Å²) >= 11 is 4.92. The molecule has 0 aromatic heterocycles. The Morgan fingerprint density at radius 1 is 1.53 bits per heavy atom. The normalized spacial score (nSPS) is 15.4. The third-order valence-electron chi connectivity index (χ3n) is 2.87. The fourth-order valence-corrected chi connectivity index (χ4v) is 2.21. The minimum Gasteiger partial charge on any atom is -0.389 e. The molecule has 0 unspecified atom stereocenters. The minimum absolute atomic E-state index is 0.100. The predicted molar refractivity (Wildman–Crippen MR) is 66.9 cm³/mol. The highest BCUT2D eigenvalue weighted by molar-refractivity contribution is 7.80. The molecule has 1 heterocycles. The van der Waals surface area contributed by atoms with Gasteiger partial charge in [0.05, 0.1) is 0 Å². The molecule has 1 aliphatic heterocycles. The second kappa shape index (κ2) is 4.79. The van der Waals surface area contributed by atoms with Gasteiger partial charge in [-0.1, -0.05) is 12.2 Å². The number of hydrogen-bond donors (Lipinski definition) is 1. The van der Waals surface area contributed by atoms with Crippen molar-refractivity contribution in [3.05, 3.63) is 35.1 Å². The van der Waals surface area contributed by atoms with E-state index in [2.05, 4.69) is 0 Å². The van der Waals surface area contributed by atoms with Crippen molar-refractivity contribution in [3.63, 3.8) is 0 Å². The molecule has 0 atom stereocenters. The molecule has 0 radical (unpaired) electrons. The maximum atomic E-state index is 13.2. The van der Waals surface area contributed by atoms with Gasteiger partial charge < -0.3 is 10.6 Å². The lowest BCUT2D eigenvalue weighted by atomic mass is 10.1. The standard InChI is InChI=1S/C12H13FN2OS/c13-9-3-4-10(12(14)17)8(6-9)7-15-5-1-2-11(15)16/h3-4,6H,1-2,5,7H2,(H2,14,17). The van der Waals surface area contributed by atoms with E-state index in [4.69, 9.17) is 18.0 Å². The van der Waals surface area contributed by atoms with Gasteiger partial charge in [0.2, 0.25) is 5.91 Å². The van der Waals surface area contributed by atoms with E-state index in [-0.39, 0.29) is 16.7 Å². The van der Waals surface area contributed by atoms with Crippen LogP contribution < -0.4 is 5.73 Å². The minimum atomic E-state index is -0.341. The number of halogens is 1. The summed E-state index contributed by atoms with van der Waals surface area (Å²) in [5.41, 5.74) is 6.89. The molecular weight excluding hydrogens is 239 g/mol. The largest absolute Gasteiger partial charge is 0.389 e. The summed E-state index contributed by atoms with van der Waals surface area (Å²) in [6.45, 7) is 1.09. The zero-order valence-electron chi connectivity index (χ0n) is 9.28. The van der Waals surface area contributed by atoms with Crippen LogP contribution in [0.15, 0.2) is 18.2 Å². The van der Waals surface area contributed by atoms with Gasteiger partial charge in [0.1, 0.15) is 10.8 Å². The Kier molecular flexibility index (Phi) is 3.38. The molecule has 1 aromatic carbocycles. The number of hydrogen-bond acceptors (Lipinski definition) is 2. The van der Waals surface area contributed by atoms with Gasteiger partial charge in [-0.3, -0.25) is 4.79 Å². The molecule has 0 saturated carbocycles. The summed E-state index contributed by atoms with van der Waals surface area (Å²) in [4.78, 5) is 13.4. The van der Waals surface area contributed by atoms with E-state index in [0.29, 0.717) is 30.6 Å². The first-order valence-corrected chi connectivity index (χ1v) is 5.85. The van der Waals surface area contributed by atoms with Gasteiger partial charge >= 0.3 is 0 Å². The maximum absolute atomic E-state index is 13.2. The van der Waals surface area contributed by atoms with Crippen LogP contribution in [0.3, 0.4) is 0 Å².